The summed E-state index contributed by atoms with van der Waals surface area (Å²) in [7, 11) is 0. The summed E-state index contributed by atoms with van der Waals surface area (Å²) < 4.78 is 5.83. The number of ether oxygens (including phenoxy) is 1. The largest absolute Gasteiger partial charge is 0.396 e. The molecule has 2 rings (SSSR count). The normalized spacial score (nSPS) is 20.7. The van der Waals surface area contributed by atoms with Crippen molar-refractivity contribution in [3.8, 4) is 0 Å². The maximum absolute atomic E-state index is 9.34. The number of aliphatic hydroxyl groups is 1. The second kappa shape index (κ2) is 15.9. The molecule has 1 saturated heterocycles. The van der Waals surface area contributed by atoms with E-state index in [1.54, 1.807) is 0 Å². The Morgan fingerprint density at radius 3 is 2.31 bits per heavy atom. The van der Waals surface area contributed by atoms with E-state index < -0.39 is 0 Å². The lowest BCUT2D eigenvalue weighted by atomic mass is 9.94. The number of benzene rings is 1. The van der Waals surface area contributed by atoms with Crippen molar-refractivity contribution in [2.75, 3.05) is 32.8 Å². The molecule has 1 aliphatic heterocycles. The van der Waals surface area contributed by atoms with Gasteiger partial charge in [-0.25, -0.2) is 4.99 Å². The van der Waals surface area contributed by atoms with Crippen LogP contribution in [0.4, 0.5) is 0 Å². The minimum atomic E-state index is 0. The van der Waals surface area contributed by atoms with E-state index in [4.69, 9.17) is 9.73 Å². The molecular weight excluding hydrogens is 515 g/mol. The molecule has 0 saturated carbocycles. The van der Waals surface area contributed by atoms with Gasteiger partial charge in [0.2, 0.25) is 0 Å². The number of aliphatic imine (C=N–C) groups is 1. The Bertz CT molecular complexity index is 644. The number of nitrogens with zero attached hydrogens (tertiary/aromatic N) is 2. The second-order valence-corrected chi connectivity index (χ2v) is 9.35. The highest BCUT2D eigenvalue weighted by Gasteiger charge is 2.21. The number of halogens is 1. The first-order chi connectivity index (χ1) is 14.9. The summed E-state index contributed by atoms with van der Waals surface area (Å²) in [5.74, 6) is 1.92. The van der Waals surface area contributed by atoms with Crippen LogP contribution in [0.15, 0.2) is 29.3 Å². The molecule has 0 aliphatic carbocycles. The predicted octanol–water partition coefficient (Wildman–Crippen LogP) is 4.01. The Kier molecular flexibility index (Phi) is 14.4. The third-order valence-corrected chi connectivity index (χ3v) is 5.59. The highest BCUT2D eigenvalue weighted by atomic mass is 127. The van der Waals surface area contributed by atoms with Crippen LogP contribution in [0.25, 0.3) is 0 Å². The molecule has 1 aliphatic rings. The van der Waals surface area contributed by atoms with Gasteiger partial charge in [0.1, 0.15) is 0 Å². The lowest BCUT2D eigenvalue weighted by Gasteiger charge is -2.35. The van der Waals surface area contributed by atoms with Crippen molar-refractivity contribution in [3.05, 3.63) is 35.4 Å². The smallest absolute Gasteiger partial charge is 0.191 e. The zero-order chi connectivity index (χ0) is 22.6. The van der Waals surface area contributed by atoms with Crippen LogP contribution in [0.3, 0.4) is 0 Å². The highest BCUT2D eigenvalue weighted by molar-refractivity contribution is 14.0. The van der Waals surface area contributed by atoms with Gasteiger partial charge in [-0.2, -0.15) is 0 Å². The Labute approximate surface area is 212 Å². The zero-order valence-electron chi connectivity index (χ0n) is 20.6. The lowest BCUT2D eigenvalue weighted by Crippen LogP contribution is -2.44. The molecule has 0 amide bonds. The minimum absolute atomic E-state index is 0. The molecule has 184 valence electrons. The van der Waals surface area contributed by atoms with Gasteiger partial charge in [0.15, 0.2) is 5.96 Å². The minimum Gasteiger partial charge on any atom is -0.396 e. The van der Waals surface area contributed by atoms with E-state index in [-0.39, 0.29) is 30.6 Å². The molecule has 1 aromatic carbocycles. The monoisotopic (exact) mass is 560 g/mol. The van der Waals surface area contributed by atoms with Gasteiger partial charge in [0.25, 0.3) is 0 Å². The third kappa shape index (κ3) is 11.3. The molecule has 1 heterocycles. The number of guanidine groups is 1. The molecule has 0 bridgehead atoms. The van der Waals surface area contributed by atoms with E-state index in [2.05, 4.69) is 74.4 Å². The fourth-order valence-electron chi connectivity index (χ4n) is 4.33. The lowest BCUT2D eigenvalue weighted by molar-refractivity contribution is -0.0704. The van der Waals surface area contributed by atoms with Gasteiger partial charge in [0.05, 0.1) is 18.8 Å². The fourth-order valence-corrected chi connectivity index (χ4v) is 4.33. The third-order valence-electron chi connectivity index (χ3n) is 5.59. The first-order valence-electron chi connectivity index (χ1n) is 12.0. The van der Waals surface area contributed by atoms with Crippen molar-refractivity contribution >= 4 is 29.9 Å². The fraction of sp³-hybridized carbons (Fsp3) is 0.720. The van der Waals surface area contributed by atoms with Gasteiger partial charge in [-0.1, -0.05) is 38.1 Å². The van der Waals surface area contributed by atoms with Crippen LogP contribution >= 0.6 is 24.0 Å². The van der Waals surface area contributed by atoms with Crippen molar-refractivity contribution in [1.82, 2.24) is 15.5 Å². The zero-order valence-corrected chi connectivity index (χ0v) is 23.0. The van der Waals surface area contributed by atoms with Crippen molar-refractivity contribution in [2.24, 2.45) is 16.8 Å². The topological polar surface area (TPSA) is 69.1 Å². The molecule has 6 nitrogen and oxygen atoms in total. The summed E-state index contributed by atoms with van der Waals surface area (Å²) in [6.07, 6.45) is 2.53. The summed E-state index contributed by atoms with van der Waals surface area (Å²) in [5.41, 5.74) is 2.54. The summed E-state index contributed by atoms with van der Waals surface area (Å²) in [6, 6.07) is 8.80. The molecule has 0 radical (unpaired) electrons. The summed E-state index contributed by atoms with van der Waals surface area (Å²) in [5, 5.41) is 16.1. The van der Waals surface area contributed by atoms with Gasteiger partial charge < -0.3 is 20.5 Å². The van der Waals surface area contributed by atoms with Gasteiger partial charge in [0, 0.05) is 39.3 Å². The number of rotatable bonds is 11. The predicted molar refractivity (Wildman–Crippen MR) is 145 cm³/mol. The van der Waals surface area contributed by atoms with Gasteiger partial charge in [-0.3, -0.25) is 4.90 Å². The van der Waals surface area contributed by atoms with E-state index in [0.29, 0.717) is 30.6 Å². The first kappa shape index (κ1) is 29.1. The summed E-state index contributed by atoms with van der Waals surface area (Å²) >= 11 is 0. The Morgan fingerprint density at radius 1 is 1.12 bits per heavy atom. The number of nitrogens with one attached hydrogen (secondary N) is 2. The molecule has 0 aromatic heterocycles. The summed E-state index contributed by atoms with van der Waals surface area (Å²) in [6.45, 7) is 16.3. The van der Waals surface area contributed by atoms with Crippen molar-refractivity contribution < 1.29 is 9.84 Å². The molecule has 1 fully saturated rings. The van der Waals surface area contributed by atoms with Crippen LogP contribution in [0.5, 0.6) is 0 Å². The van der Waals surface area contributed by atoms with Crippen LogP contribution in [0.2, 0.25) is 0 Å². The first-order valence-corrected chi connectivity index (χ1v) is 12.0. The SMILES string of the molecule is CCNC(=NCc1ccc(CN2CC(C)OC(C)C2)cc1)NCC(CCO)CC(C)C.I. The molecule has 3 N–H and O–H groups in total. The van der Waals surface area contributed by atoms with Crippen LogP contribution in [-0.2, 0) is 17.8 Å². The van der Waals surface area contributed by atoms with Crippen LogP contribution in [0.1, 0.15) is 58.6 Å². The van der Waals surface area contributed by atoms with E-state index in [0.717, 1.165) is 51.5 Å². The van der Waals surface area contributed by atoms with Gasteiger partial charge in [-0.05, 0) is 56.6 Å². The summed E-state index contributed by atoms with van der Waals surface area (Å²) in [4.78, 5) is 7.24. The molecular formula is C25H45IN4O2. The Balaban J connectivity index is 0.00000512. The van der Waals surface area contributed by atoms with Crippen molar-refractivity contribution in [1.29, 1.82) is 0 Å². The van der Waals surface area contributed by atoms with Gasteiger partial charge in [-0.15, -0.1) is 24.0 Å². The van der Waals surface area contributed by atoms with E-state index in [1.165, 1.54) is 11.1 Å². The molecule has 1 aromatic rings. The quantitative estimate of drug-likeness (QED) is 0.217. The van der Waals surface area contributed by atoms with E-state index in [1.807, 2.05) is 0 Å². The standard InChI is InChI=1S/C25H44N4O2.HI/c1-6-26-25(28-15-24(11-12-30)13-19(2)3)27-14-22-7-9-23(10-8-22)18-29-16-20(4)31-21(5)17-29;/h7-10,19-21,24,30H,6,11-18H2,1-5H3,(H2,26,27,28);1H. The van der Waals surface area contributed by atoms with Crippen LogP contribution in [0, 0.1) is 11.8 Å². The molecule has 0 spiro atoms. The van der Waals surface area contributed by atoms with E-state index >= 15 is 0 Å². The molecule has 32 heavy (non-hydrogen) atoms. The average Bonchev–Trinajstić information content (AvgIpc) is 2.70. The van der Waals surface area contributed by atoms with Crippen molar-refractivity contribution in [3.63, 3.8) is 0 Å². The average molecular weight is 561 g/mol. The van der Waals surface area contributed by atoms with Gasteiger partial charge >= 0.3 is 0 Å². The number of hydrogen-bond donors (Lipinski definition) is 3. The molecule has 7 heteroatoms. The Morgan fingerprint density at radius 2 is 1.75 bits per heavy atom. The molecule has 3 unspecified atom stereocenters. The highest BCUT2D eigenvalue weighted by Crippen LogP contribution is 2.16. The second-order valence-electron chi connectivity index (χ2n) is 9.35. The van der Waals surface area contributed by atoms with Crippen molar-refractivity contribution in [2.45, 2.75) is 72.8 Å². The number of morpholine rings is 1. The number of hydrogen-bond acceptors (Lipinski definition) is 4. The van der Waals surface area contributed by atoms with E-state index in [9.17, 15) is 5.11 Å². The maximum Gasteiger partial charge on any atom is 0.191 e. The van der Waals surface area contributed by atoms with Crippen LogP contribution in [-0.4, -0.2) is 61.0 Å². The molecule has 3 atom stereocenters. The number of aliphatic hydroxyl groups excluding tert-OH is 1. The maximum atomic E-state index is 9.34. The Hall–Kier alpha value is -0.900. The van der Waals surface area contributed by atoms with Crippen LogP contribution < -0.4 is 10.6 Å².